The number of alkyl halides is 8. The number of nitrogens with one attached hydrogen (secondary N) is 1. The molecule has 0 saturated heterocycles. The molecule has 2 bridgehead atoms. The largest absolute Gasteiger partial charge is 0.491 e. The zero-order valence-electron chi connectivity index (χ0n) is 11.5. The van der Waals surface area contributed by atoms with E-state index in [4.69, 9.17) is 45.0 Å². The van der Waals surface area contributed by atoms with Crippen LogP contribution in [0.25, 0.3) is 0 Å². The molecule has 0 aromatic heterocycles. The van der Waals surface area contributed by atoms with Crippen molar-refractivity contribution in [3.05, 3.63) is 0 Å². The second-order valence-corrected chi connectivity index (χ2v) is 16.7. The SMILES string of the molecule is FC1(F)CO[P@@]2(Cl)=N[P+](Cl)(N=P(Cl)(Cl)N2)OCC(F)(F)C(F)(F)C1(F)F. The topological polar surface area (TPSA) is 55.2 Å². The van der Waals surface area contributed by atoms with Crippen molar-refractivity contribution in [1.29, 1.82) is 0 Å². The van der Waals surface area contributed by atoms with Gasteiger partial charge in [-0.2, -0.15) is 44.5 Å². The zero-order valence-corrected chi connectivity index (χ0v) is 17.2. The van der Waals surface area contributed by atoms with Crippen molar-refractivity contribution in [2.75, 3.05) is 13.2 Å². The number of nitrogens with zero attached hydrogens (tertiary/aromatic N) is 2. The molecular weight excluding hydrogens is 533 g/mol. The van der Waals surface area contributed by atoms with E-state index in [0.29, 0.717) is 0 Å². The summed E-state index contributed by atoms with van der Waals surface area (Å²) in [7, 11) is -4.42. The molecule has 0 aliphatic carbocycles. The van der Waals surface area contributed by atoms with Crippen LogP contribution < -0.4 is 4.86 Å². The third-order valence-electron chi connectivity index (χ3n) is 2.83. The maximum absolute atomic E-state index is 13.6. The molecule has 26 heavy (non-hydrogen) atoms. The Kier molecular flexibility index (Phi) is 6.08. The minimum atomic E-state index is -6.55. The van der Waals surface area contributed by atoms with Gasteiger partial charge in [0.1, 0.15) is 6.61 Å². The Morgan fingerprint density at radius 3 is 1.81 bits per heavy atom. The van der Waals surface area contributed by atoms with E-state index in [1.807, 2.05) is 4.86 Å². The van der Waals surface area contributed by atoms with Crippen LogP contribution >= 0.6 is 64.8 Å². The van der Waals surface area contributed by atoms with Crippen molar-refractivity contribution in [3.8, 4) is 0 Å². The zero-order chi connectivity index (χ0) is 20.4. The molecule has 154 valence electrons. The maximum atomic E-state index is 13.6. The molecule has 0 aromatic carbocycles. The molecular formula is C6H5Cl4F8N3O2P3+. The van der Waals surface area contributed by atoms with Gasteiger partial charge in [-0.3, -0.25) is 0 Å². The van der Waals surface area contributed by atoms with Gasteiger partial charge < -0.3 is 4.52 Å². The first-order chi connectivity index (χ1) is 11.3. The molecule has 2 aliphatic rings. The molecule has 2 aliphatic heterocycles. The van der Waals surface area contributed by atoms with E-state index in [1.54, 1.807) is 0 Å². The molecule has 2 rings (SSSR count). The highest BCUT2D eigenvalue weighted by Crippen LogP contribution is 2.87. The minimum Gasteiger partial charge on any atom is -0.312 e. The van der Waals surface area contributed by atoms with Crippen LogP contribution in [0.1, 0.15) is 0 Å². The fourth-order valence-corrected chi connectivity index (χ4v) is 17.0. The van der Waals surface area contributed by atoms with Crippen molar-refractivity contribution in [2.45, 2.75) is 23.7 Å². The summed E-state index contributed by atoms with van der Waals surface area (Å²) in [5, 5.41) is 0. The van der Waals surface area contributed by atoms with Crippen LogP contribution in [0, 0.1) is 0 Å². The molecule has 0 aromatic rings. The van der Waals surface area contributed by atoms with Gasteiger partial charge in [-0.25, -0.2) is 0 Å². The summed E-state index contributed by atoms with van der Waals surface area (Å²) in [5.74, 6) is -28.5. The highest BCUT2D eigenvalue weighted by atomic mass is 35.9. The lowest BCUT2D eigenvalue weighted by molar-refractivity contribution is -0.371. The van der Waals surface area contributed by atoms with Crippen molar-refractivity contribution in [2.24, 2.45) is 9.03 Å². The molecule has 0 fully saturated rings. The van der Waals surface area contributed by atoms with Gasteiger partial charge in [-0.1, -0.05) is 0 Å². The summed E-state index contributed by atoms with van der Waals surface area (Å²) in [6.45, 7) is -9.39. The second kappa shape index (κ2) is 6.69. The summed E-state index contributed by atoms with van der Waals surface area (Å²) >= 11 is 22.7. The van der Waals surface area contributed by atoms with E-state index in [-0.39, 0.29) is 0 Å². The fourth-order valence-electron chi connectivity index (χ4n) is 1.56. The predicted octanol–water partition coefficient (Wildman–Crippen LogP) is 7.70. The van der Waals surface area contributed by atoms with Gasteiger partial charge in [0, 0.05) is 0 Å². The van der Waals surface area contributed by atoms with Crippen LogP contribution in [0.15, 0.2) is 9.03 Å². The first kappa shape index (κ1) is 23.6. The Hall–Kier alpha value is 1.37. The van der Waals surface area contributed by atoms with Crippen LogP contribution in [-0.4, -0.2) is 36.9 Å². The lowest BCUT2D eigenvalue weighted by atomic mass is 9.99. The van der Waals surface area contributed by atoms with Crippen molar-refractivity contribution in [1.82, 2.24) is 4.86 Å². The lowest BCUT2D eigenvalue weighted by Gasteiger charge is -2.35. The number of halogens is 12. The van der Waals surface area contributed by atoms with Gasteiger partial charge in [-0.15, -0.1) is 0 Å². The molecule has 0 radical (unpaired) electrons. The Balaban J connectivity index is 2.64. The summed E-state index contributed by atoms with van der Waals surface area (Å²) < 4.78 is 124. The summed E-state index contributed by atoms with van der Waals surface area (Å²) in [5.41, 5.74) is 0. The maximum Gasteiger partial charge on any atom is 0.491 e. The van der Waals surface area contributed by atoms with Gasteiger partial charge in [-0.05, 0) is 42.8 Å². The van der Waals surface area contributed by atoms with Crippen LogP contribution in [-0.2, 0) is 9.05 Å². The Labute approximate surface area is 159 Å². The van der Waals surface area contributed by atoms with E-state index in [2.05, 4.69) is 18.1 Å². The number of hydrogen-bond donors (Lipinski definition) is 1. The second-order valence-electron chi connectivity index (χ2n) is 4.84. The molecule has 2 heterocycles. The van der Waals surface area contributed by atoms with E-state index in [0.717, 1.165) is 0 Å². The first-order valence-electron chi connectivity index (χ1n) is 5.83. The lowest BCUT2D eigenvalue weighted by Crippen LogP contribution is -2.64. The van der Waals surface area contributed by atoms with Gasteiger partial charge >= 0.3 is 30.8 Å². The van der Waals surface area contributed by atoms with Gasteiger partial charge in [0.05, 0.1) is 0 Å². The Morgan fingerprint density at radius 2 is 1.31 bits per heavy atom. The number of rotatable bonds is 0. The summed E-state index contributed by atoms with van der Waals surface area (Å²) in [4.78, 5) is 1.94. The van der Waals surface area contributed by atoms with Crippen LogP contribution in [0.2, 0.25) is 0 Å². The average Bonchev–Trinajstić information content (AvgIpc) is 2.40. The van der Waals surface area contributed by atoms with Crippen LogP contribution in [0.4, 0.5) is 35.1 Å². The van der Waals surface area contributed by atoms with E-state index < -0.39 is 56.7 Å². The minimum absolute atomic E-state index is 1.94. The van der Waals surface area contributed by atoms with Crippen LogP contribution in [0.5, 0.6) is 0 Å². The van der Waals surface area contributed by atoms with E-state index >= 15 is 0 Å². The fraction of sp³-hybridized carbons (Fsp3) is 1.00. The molecule has 2 atom stereocenters. The molecule has 0 spiro atoms. The third-order valence-corrected chi connectivity index (χ3v) is 15.0. The number of hydrogen-bond acceptors (Lipinski definition) is 5. The van der Waals surface area contributed by atoms with Gasteiger partial charge in [0.2, 0.25) is 0 Å². The van der Waals surface area contributed by atoms with E-state index in [1.165, 1.54) is 0 Å². The highest BCUT2D eigenvalue weighted by molar-refractivity contribution is 8.19. The van der Waals surface area contributed by atoms with Crippen molar-refractivity contribution in [3.63, 3.8) is 0 Å². The molecule has 0 saturated carbocycles. The van der Waals surface area contributed by atoms with Gasteiger partial charge in [0.25, 0.3) is 12.7 Å². The predicted molar refractivity (Wildman–Crippen MR) is 83.9 cm³/mol. The molecule has 1 unspecified atom stereocenters. The Bertz CT molecular complexity index is 719. The molecule has 20 heteroatoms. The average molecular weight is 538 g/mol. The van der Waals surface area contributed by atoms with Crippen molar-refractivity contribution >= 4 is 64.8 Å². The quantitative estimate of drug-likeness (QED) is 0.254. The van der Waals surface area contributed by atoms with Crippen molar-refractivity contribution < 1.29 is 44.2 Å². The number of fused-ring (bicyclic) bond motifs is 1. The third kappa shape index (κ3) is 4.13. The molecule has 5 nitrogen and oxygen atoms in total. The van der Waals surface area contributed by atoms with Crippen LogP contribution in [0.3, 0.4) is 0 Å². The summed E-state index contributed by atoms with van der Waals surface area (Å²) in [6.07, 6.45) is 0. The molecule has 0 amide bonds. The molecule has 1 N–H and O–H groups in total. The van der Waals surface area contributed by atoms with E-state index in [9.17, 15) is 35.1 Å². The summed E-state index contributed by atoms with van der Waals surface area (Å²) in [6, 6.07) is 0. The monoisotopic (exact) mass is 536 g/mol. The standard InChI is InChI=1S/C6H5Cl4F8N3O2P3/c7-24(8)19-25(9)21-26(10,20-24)23-2-4(13,14)6(17,18)5(15,16)3(11,12)1-22-25/h19H,1-2H2/q+1/t25-,26?/m1/s1. The highest BCUT2D eigenvalue weighted by Gasteiger charge is 2.81. The van der Waals surface area contributed by atoms with Gasteiger partial charge in [0.15, 0.2) is 17.8 Å². The Morgan fingerprint density at radius 1 is 0.846 bits per heavy atom. The smallest absolute Gasteiger partial charge is 0.312 e. The normalized spacial score (nSPS) is 40.5. The first-order valence-corrected chi connectivity index (χ1v) is 14.5.